The predicted octanol–water partition coefficient (Wildman–Crippen LogP) is 6.40. The standard InChI is InChI=1S/C25H19FN2O3S2/c1-13(2)14-5-7-15(8-6-14)21-20(22(29)18-4-3-11-32-18)23(30)24(31)28(21)25-27-17-10-9-16(26)12-19(17)33-25/h3-13,21,30H,1-2H3/t21-/m0/s1. The summed E-state index contributed by atoms with van der Waals surface area (Å²) in [4.78, 5) is 32.9. The Morgan fingerprint density at radius 1 is 1.15 bits per heavy atom. The van der Waals surface area contributed by atoms with E-state index >= 15 is 0 Å². The number of anilines is 1. The second kappa shape index (κ2) is 8.20. The average Bonchev–Trinajstić information content (AvgIpc) is 3.52. The zero-order chi connectivity index (χ0) is 23.3. The van der Waals surface area contributed by atoms with E-state index in [0.29, 0.717) is 31.7 Å². The van der Waals surface area contributed by atoms with Crippen LogP contribution in [0.5, 0.6) is 0 Å². The maximum absolute atomic E-state index is 13.7. The molecule has 0 aliphatic carbocycles. The molecule has 4 aromatic rings. The van der Waals surface area contributed by atoms with Crippen molar-refractivity contribution >= 4 is 49.7 Å². The molecule has 166 valence electrons. The summed E-state index contributed by atoms with van der Waals surface area (Å²) >= 11 is 2.39. The number of Topliss-reactive ketones (excluding diaryl/α,β-unsaturated/α-hetero) is 1. The number of ketones is 1. The highest BCUT2D eigenvalue weighted by Crippen LogP contribution is 2.44. The minimum absolute atomic E-state index is 0.0187. The van der Waals surface area contributed by atoms with Crippen LogP contribution < -0.4 is 4.90 Å². The molecule has 0 unspecified atom stereocenters. The van der Waals surface area contributed by atoms with Crippen molar-refractivity contribution in [1.29, 1.82) is 0 Å². The van der Waals surface area contributed by atoms with Crippen molar-refractivity contribution < 1.29 is 19.1 Å². The number of aliphatic hydroxyl groups is 1. The summed E-state index contributed by atoms with van der Waals surface area (Å²) in [5.74, 6) is -1.77. The van der Waals surface area contributed by atoms with Gasteiger partial charge in [-0.15, -0.1) is 11.3 Å². The maximum Gasteiger partial charge on any atom is 0.296 e. The Morgan fingerprint density at radius 3 is 2.58 bits per heavy atom. The topological polar surface area (TPSA) is 70.5 Å². The fourth-order valence-electron chi connectivity index (χ4n) is 3.94. The number of thiophene rings is 1. The molecule has 0 saturated heterocycles. The van der Waals surface area contributed by atoms with Crippen LogP contribution in [0.4, 0.5) is 9.52 Å². The molecule has 2 aromatic heterocycles. The van der Waals surface area contributed by atoms with Crippen molar-refractivity contribution in [1.82, 2.24) is 4.98 Å². The van der Waals surface area contributed by atoms with Crippen molar-refractivity contribution in [3.05, 3.63) is 93.1 Å². The number of hydrogen-bond acceptors (Lipinski definition) is 6. The summed E-state index contributed by atoms with van der Waals surface area (Å²) in [6.07, 6.45) is 0. The molecule has 1 amide bonds. The van der Waals surface area contributed by atoms with Gasteiger partial charge in [-0.1, -0.05) is 55.5 Å². The van der Waals surface area contributed by atoms with Crippen LogP contribution in [0.15, 0.2) is 71.3 Å². The molecule has 0 radical (unpaired) electrons. The molecule has 5 rings (SSSR count). The summed E-state index contributed by atoms with van der Waals surface area (Å²) < 4.78 is 14.3. The van der Waals surface area contributed by atoms with Crippen LogP contribution in [-0.2, 0) is 4.79 Å². The highest BCUT2D eigenvalue weighted by Gasteiger charge is 2.46. The first-order valence-electron chi connectivity index (χ1n) is 10.4. The number of aromatic nitrogens is 1. The van der Waals surface area contributed by atoms with Gasteiger partial charge in [0.2, 0.25) is 5.78 Å². The summed E-state index contributed by atoms with van der Waals surface area (Å²) in [6.45, 7) is 4.16. The molecule has 33 heavy (non-hydrogen) atoms. The highest BCUT2D eigenvalue weighted by molar-refractivity contribution is 7.22. The molecule has 1 atom stereocenters. The largest absolute Gasteiger partial charge is 0.503 e. The summed E-state index contributed by atoms with van der Waals surface area (Å²) in [6, 6.07) is 14.4. The first kappa shape index (κ1) is 21.5. The van der Waals surface area contributed by atoms with Crippen LogP contribution in [0.1, 0.15) is 46.6 Å². The number of carbonyl (C=O) groups is 2. The average molecular weight is 479 g/mol. The van der Waals surface area contributed by atoms with Crippen molar-refractivity contribution in [2.75, 3.05) is 4.90 Å². The molecule has 0 saturated carbocycles. The Balaban J connectivity index is 1.67. The fraction of sp³-hybridized carbons (Fsp3) is 0.160. The van der Waals surface area contributed by atoms with Crippen LogP contribution in [0.25, 0.3) is 10.2 Å². The Kier molecular flexibility index (Phi) is 5.34. The van der Waals surface area contributed by atoms with Gasteiger partial charge in [0.25, 0.3) is 5.91 Å². The quantitative estimate of drug-likeness (QED) is 0.337. The summed E-state index contributed by atoms with van der Waals surface area (Å²) in [7, 11) is 0. The molecule has 0 fully saturated rings. The first-order chi connectivity index (χ1) is 15.8. The molecule has 5 nitrogen and oxygen atoms in total. The molecule has 3 heterocycles. The van der Waals surface area contributed by atoms with E-state index in [0.717, 1.165) is 16.9 Å². The molecule has 1 aliphatic rings. The van der Waals surface area contributed by atoms with E-state index in [1.807, 2.05) is 24.3 Å². The van der Waals surface area contributed by atoms with E-state index in [4.69, 9.17) is 0 Å². The molecular formula is C25H19FN2O3S2. The molecule has 2 aromatic carbocycles. The lowest BCUT2D eigenvalue weighted by molar-refractivity contribution is -0.117. The third-order valence-electron chi connectivity index (χ3n) is 5.66. The molecule has 0 spiro atoms. The van der Waals surface area contributed by atoms with Gasteiger partial charge in [0, 0.05) is 0 Å². The van der Waals surface area contributed by atoms with Crippen molar-refractivity contribution in [2.45, 2.75) is 25.8 Å². The summed E-state index contributed by atoms with van der Waals surface area (Å²) in [5.41, 5.74) is 2.35. The normalized spacial score (nSPS) is 16.4. The molecule has 8 heteroatoms. The van der Waals surface area contributed by atoms with Gasteiger partial charge in [-0.2, -0.15) is 0 Å². The zero-order valence-electron chi connectivity index (χ0n) is 17.8. The van der Waals surface area contributed by atoms with Gasteiger partial charge in [-0.25, -0.2) is 9.37 Å². The first-order valence-corrected chi connectivity index (χ1v) is 12.1. The maximum atomic E-state index is 13.7. The molecular weight excluding hydrogens is 459 g/mol. The van der Waals surface area contributed by atoms with Crippen LogP contribution in [0.3, 0.4) is 0 Å². The number of hydrogen-bond donors (Lipinski definition) is 1. The highest BCUT2D eigenvalue weighted by atomic mass is 32.1. The van der Waals surface area contributed by atoms with E-state index < -0.39 is 29.3 Å². The minimum atomic E-state index is -0.848. The number of benzene rings is 2. The van der Waals surface area contributed by atoms with Gasteiger partial charge >= 0.3 is 0 Å². The lowest BCUT2D eigenvalue weighted by atomic mass is 9.93. The SMILES string of the molecule is CC(C)c1ccc([C@H]2C(C(=O)c3cccs3)=C(O)C(=O)N2c2nc3ccc(F)cc3s2)cc1. The zero-order valence-corrected chi connectivity index (χ0v) is 19.4. The van der Waals surface area contributed by atoms with Gasteiger partial charge in [0.1, 0.15) is 5.82 Å². The number of aliphatic hydroxyl groups excluding tert-OH is 1. The van der Waals surface area contributed by atoms with E-state index in [1.54, 1.807) is 23.6 Å². The van der Waals surface area contributed by atoms with Crippen LogP contribution in [-0.4, -0.2) is 21.8 Å². The Bertz CT molecular complexity index is 1410. The van der Waals surface area contributed by atoms with E-state index in [1.165, 1.54) is 28.4 Å². The van der Waals surface area contributed by atoms with Gasteiger partial charge in [0.15, 0.2) is 10.9 Å². The number of thiazole rings is 1. The van der Waals surface area contributed by atoms with Crippen LogP contribution >= 0.6 is 22.7 Å². The third kappa shape index (κ3) is 3.65. The number of nitrogens with zero attached hydrogens (tertiary/aromatic N) is 2. The van der Waals surface area contributed by atoms with Crippen LogP contribution in [0, 0.1) is 5.82 Å². The van der Waals surface area contributed by atoms with E-state index in [-0.39, 0.29) is 5.57 Å². The molecule has 1 aliphatic heterocycles. The smallest absolute Gasteiger partial charge is 0.296 e. The van der Waals surface area contributed by atoms with Crippen molar-refractivity contribution in [2.24, 2.45) is 0 Å². The van der Waals surface area contributed by atoms with Crippen molar-refractivity contribution in [3.63, 3.8) is 0 Å². The third-order valence-corrected chi connectivity index (χ3v) is 7.55. The van der Waals surface area contributed by atoms with E-state index in [2.05, 4.69) is 18.8 Å². The van der Waals surface area contributed by atoms with Gasteiger partial charge in [-0.3, -0.25) is 14.5 Å². The second-order valence-corrected chi connectivity index (χ2v) is 10.0. The lowest BCUT2D eigenvalue weighted by Gasteiger charge is -2.24. The number of carbonyl (C=O) groups excluding carboxylic acids is 2. The number of amides is 1. The predicted molar refractivity (Wildman–Crippen MR) is 129 cm³/mol. The van der Waals surface area contributed by atoms with Crippen molar-refractivity contribution in [3.8, 4) is 0 Å². The Labute approximate surface area is 197 Å². The minimum Gasteiger partial charge on any atom is -0.503 e. The fourth-order valence-corrected chi connectivity index (χ4v) is 5.64. The Hall–Kier alpha value is -3.36. The number of rotatable bonds is 5. The lowest BCUT2D eigenvalue weighted by Crippen LogP contribution is -2.30. The van der Waals surface area contributed by atoms with Gasteiger partial charge in [0.05, 0.1) is 26.7 Å². The van der Waals surface area contributed by atoms with Crippen LogP contribution in [0.2, 0.25) is 0 Å². The van der Waals surface area contributed by atoms with E-state index in [9.17, 15) is 19.1 Å². The van der Waals surface area contributed by atoms with Gasteiger partial charge < -0.3 is 5.11 Å². The summed E-state index contributed by atoms with van der Waals surface area (Å²) in [5, 5.41) is 12.9. The monoisotopic (exact) mass is 478 g/mol. The van der Waals surface area contributed by atoms with Gasteiger partial charge in [-0.05, 0) is 46.7 Å². The number of halogens is 1. The number of fused-ring (bicyclic) bond motifs is 1. The Morgan fingerprint density at radius 2 is 1.91 bits per heavy atom. The second-order valence-electron chi connectivity index (χ2n) is 8.08. The molecule has 0 bridgehead atoms. The molecule has 1 N–H and O–H groups in total.